The second kappa shape index (κ2) is 8.32. The summed E-state index contributed by atoms with van der Waals surface area (Å²) in [6, 6.07) is 19.0. The number of benzene rings is 2. The van der Waals surface area contributed by atoms with Crippen LogP contribution in [-0.2, 0) is 0 Å². The van der Waals surface area contributed by atoms with Gasteiger partial charge in [0, 0.05) is 39.9 Å². The van der Waals surface area contributed by atoms with Gasteiger partial charge in [-0.05, 0) is 43.3 Å². The SMILES string of the molecule is Cc1ccc(-c2ncc(C(=O)Nc3ccc(Br)cc3)c(-c3ccncc3)n2)cc1. The minimum absolute atomic E-state index is 0.269. The van der Waals surface area contributed by atoms with Gasteiger partial charge < -0.3 is 5.32 Å². The molecule has 142 valence electrons. The monoisotopic (exact) mass is 444 g/mol. The maximum absolute atomic E-state index is 13.0. The number of aryl methyl sites for hydroxylation is 1. The Morgan fingerprint density at radius 1 is 0.897 bits per heavy atom. The van der Waals surface area contributed by atoms with Gasteiger partial charge >= 0.3 is 0 Å². The molecule has 0 spiro atoms. The van der Waals surface area contributed by atoms with Gasteiger partial charge in [-0.3, -0.25) is 9.78 Å². The third-order valence-corrected chi connectivity index (χ3v) is 4.93. The number of carbonyl (C=O) groups excluding carboxylic acids is 1. The van der Waals surface area contributed by atoms with E-state index in [1.54, 1.807) is 18.6 Å². The summed E-state index contributed by atoms with van der Waals surface area (Å²) in [5.41, 5.74) is 4.51. The van der Waals surface area contributed by atoms with Gasteiger partial charge in [0.1, 0.15) is 0 Å². The van der Waals surface area contributed by atoms with Gasteiger partial charge in [-0.25, -0.2) is 9.97 Å². The first-order chi connectivity index (χ1) is 14.1. The van der Waals surface area contributed by atoms with Gasteiger partial charge in [0.15, 0.2) is 5.82 Å². The Morgan fingerprint density at radius 3 is 2.28 bits per heavy atom. The zero-order valence-corrected chi connectivity index (χ0v) is 17.2. The number of rotatable bonds is 4. The van der Waals surface area contributed by atoms with Gasteiger partial charge in [0.2, 0.25) is 0 Å². The van der Waals surface area contributed by atoms with E-state index in [0.717, 1.165) is 21.2 Å². The number of carbonyl (C=O) groups is 1. The van der Waals surface area contributed by atoms with E-state index < -0.39 is 0 Å². The van der Waals surface area contributed by atoms with Crippen LogP contribution in [0.2, 0.25) is 0 Å². The smallest absolute Gasteiger partial charge is 0.259 e. The molecular weight excluding hydrogens is 428 g/mol. The number of nitrogens with zero attached hydrogens (tertiary/aromatic N) is 3. The van der Waals surface area contributed by atoms with E-state index in [2.05, 4.69) is 31.2 Å². The van der Waals surface area contributed by atoms with E-state index in [-0.39, 0.29) is 5.91 Å². The molecule has 0 bridgehead atoms. The van der Waals surface area contributed by atoms with Crippen LogP contribution in [0, 0.1) is 6.92 Å². The Kier molecular flexibility index (Phi) is 5.44. The van der Waals surface area contributed by atoms with E-state index in [9.17, 15) is 4.79 Å². The number of hydrogen-bond acceptors (Lipinski definition) is 4. The highest BCUT2D eigenvalue weighted by Gasteiger charge is 2.17. The zero-order chi connectivity index (χ0) is 20.2. The summed E-state index contributed by atoms with van der Waals surface area (Å²) in [7, 11) is 0. The van der Waals surface area contributed by atoms with Crippen molar-refractivity contribution < 1.29 is 4.79 Å². The van der Waals surface area contributed by atoms with Crippen LogP contribution in [0.1, 0.15) is 15.9 Å². The van der Waals surface area contributed by atoms with Gasteiger partial charge in [0.05, 0.1) is 11.3 Å². The number of nitrogens with one attached hydrogen (secondary N) is 1. The molecule has 2 aromatic carbocycles. The Hall–Kier alpha value is -3.38. The van der Waals surface area contributed by atoms with E-state index in [4.69, 9.17) is 4.98 Å². The number of pyridine rings is 1. The molecule has 0 saturated heterocycles. The fourth-order valence-corrected chi connectivity index (χ4v) is 3.12. The van der Waals surface area contributed by atoms with Crippen molar-refractivity contribution in [1.82, 2.24) is 15.0 Å². The molecule has 0 aliphatic rings. The molecule has 29 heavy (non-hydrogen) atoms. The van der Waals surface area contributed by atoms with Crippen LogP contribution < -0.4 is 5.32 Å². The van der Waals surface area contributed by atoms with Gasteiger partial charge in [-0.2, -0.15) is 0 Å². The molecule has 0 fully saturated rings. The molecule has 2 aromatic heterocycles. The van der Waals surface area contributed by atoms with Crippen LogP contribution >= 0.6 is 15.9 Å². The fraction of sp³-hybridized carbons (Fsp3) is 0.0435. The molecular formula is C23H17BrN4O. The van der Waals surface area contributed by atoms with Crippen LogP contribution in [0.15, 0.2) is 83.7 Å². The van der Waals surface area contributed by atoms with Crippen molar-refractivity contribution in [3.63, 3.8) is 0 Å². The highest BCUT2D eigenvalue weighted by atomic mass is 79.9. The summed E-state index contributed by atoms with van der Waals surface area (Å²) in [5.74, 6) is 0.298. The van der Waals surface area contributed by atoms with Crippen LogP contribution in [0.25, 0.3) is 22.6 Å². The summed E-state index contributed by atoms with van der Waals surface area (Å²) in [5, 5.41) is 2.91. The third-order valence-electron chi connectivity index (χ3n) is 4.40. The van der Waals surface area contributed by atoms with Crippen molar-refractivity contribution >= 4 is 27.5 Å². The number of hydrogen-bond donors (Lipinski definition) is 1. The molecule has 4 aromatic rings. The van der Waals surface area contributed by atoms with Crippen molar-refractivity contribution in [2.45, 2.75) is 6.92 Å². The molecule has 0 radical (unpaired) electrons. The highest BCUT2D eigenvalue weighted by molar-refractivity contribution is 9.10. The number of aromatic nitrogens is 3. The number of amides is 1. The van der Waals surface area contributed by atoms with Gasteiger partial charge in [0.25, 0.3) is 5.91 Å². The fourth-order valence-electron chi connectivity index (χ4n) is 2.85. The zero-order valence-electron chi connectivity index (χ0n) is 15.6. The average Bonchev–Trinajstić information content (AvgIpc) is 2.76. The highest BCUT2D eigenvalue weighted by Crippen LogP contribution is 2.25. The van der Waals surface area contributed by atoms with Crippen molar-refractivity contribution in [2.75, 3.05) is 5.32 Å². The molecule has 1 N–H and O–H groups in total. The summed E-state index contributed by atoms with van der Waals surface area (Å²) < 4.78 is 0.943. The van der Waals surface area contributed by atoms with E-state index in [1.165, 1.54) is 0 Å². The quantitative estimate of drug-likeness (QED) is 0.449. The molecule has 0 unspecified atom stereocenters. The van der Waals surface area contributed by atoms with Crippen LogP contribution in [0.4, 0.5) is 5.69 Å². The van der Waals surface area contributed by atoms with Crippen molar-refractivity contribution in [2.24, 2.45) is 0 Å². The summed E-state index contributed by atoms with van der Waals surface area (Å²) in [6.45, 7) is 2.03. The minimum Gasteiger partial charge on any atom is -0.322 e. The first-order valence-corrected chi connectivity index (χ1v) is 9.81. The Morgan fingerprint density at radius 2 is 1.59 bits per heavy atom. The molecule has 1 amide bonds. The summed E-state index contributed by atoms with van der Waals surface area (Å²) in [4.78, 5) is 26.2. The average molecular weight is 445 g/mol. The van der Waals surface area contributed by atoms with Crippen molar-refractivity contribution in [3.8, 4) is 22.6 Å². The lowest BCUT2D eigenvalue weighted by molar-refractivity contribution is 0.102. The lowest BCUT2D eigenvalue weighted by Crippen LogP contribution is -2.15. The summed E-state index contributed by atoms with van der Waals surface area (Å²) in [6.07, 6.45) is 4.94. The standard InChI is InChI=1S/C23H17BrN4O/c1-15-2-4-17(5-3-15)22-26-14-20(21(28-22)16-10-12-25-13-11-16)23(29)27-19-8-6-18(24)7-9-19/h2-14H,1H3,(H,27,29). The first kappa shape index (κ1) is 19.0. The maximum atomic E-state index is 13.0. The second-order valence-corrected chi connectivity index (χ2v) is 7.43. The Balaban J connectivity index is 1.75. The molecule has 0 atom stereocenters. The Bertz CT molecular complexity index is 1140. The molecule has 0 aliphatic heterocycles. The largest absolute Gasteiger partial charge is 0.322 e. The van der Waals surface area contributed by atoms with Gasteiger partial charge in [-0.15, -0.1) is 0 Å². The lowest BCUT2D eigenvalue weighted by Gasteiger charge is -2.11. The van der Waals surface area contributed by atoms with Crippen molar-refractivity contribution in [3.05, 3.63) is 94.9 Å². The Labute approximate surface area is 177 Å². The minimum atomic E-state index is -0.269. The topological polar surface area (TPSA) is 67.8 Å². The van der Waals surface area contributed by atoms with E-state index >= 15 is 0 Å². The normalized spacial score (nSPS) is 10.6. The van der Waals surface area contributed by atoms with Crippen LogP contribution in [0.5, 0.6) is 0 Å². The second-order valence-electron chi connectivity index (χ2n) is 6.52. The van der Waals surface area contributed by atoms with Gasteiger partial charge in [-0.1, -0.05) is 45.8 Å². The van der Waals surface area contributed by atoms with Crippen molar-refractivity contribution in [1.29, 1.82) is 0 Å². The maximum Gasteiger partial charge on any atom is 0.259 e. The third kappa shape index (κ3) is 4.38. The van der Waals surface area contributed by atoms with Crippen LogP contribution in [-0.4, -0.2) is 20.9 Å². The predicted molar refractivity (Wildman–Crippen MR) is 118 cm³/mol. The molecule has 6 heteroatoms. The van der Waals surface area contributed by atoms with E-state index in [1.807, 2.05) is 67.6 Å². The lowest BCUT2D eigenvalue weighted by atomic mass is 10.1. The predicted octanol–water partition coefficient (Wildman–Crippen LogP) is 5.53. The van der Waals surface area contributed by atoms with Crippen LogP contribution in [0.3, 0.4) is 0 Å². The molecule has 0 saturated carbocycles. The number of anilines is 1. The molecule has 2 heterocycles. The molecule has 0 aliphatic carbocycles. The molecule has 5 nitrogen and oxygen atoms in total. The molecule has 4 rings (SSSR count). The van der Waals surface area contributed by atoms with E-state index in [0.29, 0.717) is 22.8 Å². The summed E-state index contributed by atoms with van der Waals surface area (Å²) >= 11 is 3.39. The number of halogens is 1. The first-order valence-electron chi connectivity index (χ1n) is 9.01.